The molecule has 0 spiro atoms. The lowest BCUT2D eigenvalue weighted by molar-refractivity contribution is 0.216. The predicted molar refractivity (Wildman–Crippen MR) is 63.2 cm³/mol. The fourth-order valence-electron chi connectivity index (χ4n) is 1.72. The van der Waals surface area contributed by atoms with Gasteiger partial charge in [-0.15, -0.1) is 0 Å². The van der Waals surface area contributed by atoms with Crippen LogP contribution in [0.2, 0.25) is 0 Å². The summed E-state index contributed by atoms with van der Waals surface area (Å²) in [5, 5.41) is 8.96. The monoisotopic (exact) mass is 199 g/mol. The first-order valence-electron chi connectivity index (χ1n) is 6.25. The standard InChI is InChI=1S/C13H27O/c1-3-5-6-7-8-9-10-11-13(4-2)12-14/h13-14H,2-12H2,1H3. The normalized spacial score (nSPS) is 13.1. The lowest BCUT2D eigenvalue weighted by atomic mass is 9.99. The average molecular weight is 199 g/mol. The molecule has 1 radical (unpaired) electrons. The van der Waals surface area contributed by atoms with E-state index >= 15 is 0 Å². The second-order valence-corrected chi connectivity index (χ2v) is 4.25. The van der Waals surface area contributed by atoms with Crippen molar-refractivity contribution in [2.45, 2.75) is 64.7 Å². The van der Waals surface area contributed by atoms with Gasteiger partial charge in [-0.3, -0.25) is 0 Å². The molecule has 0 rings (SSSR count). The maximum absolute atomic E-state index is 8.96. The first kappa shape index (κ1) is 14.0. The van der Waals surface area contributed by atoms with Crippen LogP contribution in [0.5, 0.6) is 0 Å². The summed E-state index contributed by atoms with van der Waals surface area (Å²) >= 11 is 0. The molecule has 0 saturated carbocycles. The minimum Gasteiger partial charge on any atom is -0.396 e. The van der Waals surface area contributed by atoms with Crippen molar-refractivity contribution in [1.82, 2.24) is 0 Å². The van der Waals surface area contributed by atoms with Gasteiger partial charge >= 0.3 is 0 Å². The van der Waals surface area contributed by atoms with Crippen molar-refractivity contribution >= 4 is 0 Å². The Labute approximate surface area is 89.9 Å². The van der Waals surface area contributed by atoms with Crippen molar-refractivity contribution in [2.24, 2.45) is 5.92 Å². The Hall–Kier alpha value is -0.0400. The fraction of sp³-hybridized carbons (Fsp3) is 0.923. The predicted octanol–water partition coefficient (Wildman–Crippen LogP) is 3.96. The molecular weight excluding hydrogens is 172 g/mol. The highest BCUT2D eigenvalue weighted by atomic mass is 16.3. The maximum atomic E-state index is 8.96. The van der Waals surface area contributed by atoms with Crippen LogP contribution in [-0.2, 0) is 0 Å². The molecule has 0 fully saturated rings. The summed E-state index contributed by atoms with van der Waals surface area (Å²) in [7, 11) is 0. The van der Waals surface area contributed by atoms with Crippen LogP contribution in [0.25, 0.3) is 0 Å². The van der Waals surface area contributed by atoms with Gasteiger partial charge in [0.1, 0.15) is 0 Å². The molecule has 0 aliphatic heterocycles. The molecule has 0 amide bonds. The van der Waals surface area contributed by atoms with E-state index in [0.717, 1.165) is 12.8 Å². The number of hydrogen-bond donors (Lipinski definition) is 1. The zero-order chi connectivity index (χ0) is 10.6. The van der Waals surface area contributed by atoms with Crippen LogP contribution in [0.15, 0.2) is 0 Å². The Kier molecular flexibility index (Phi) is 11.0. The van der Waals surface area contributed by atoms with E-state index in [4.69, 9.17) is 5.11 Å². The summed E-state index contributed by atoms with van der Waals surface area (Å²) in [6.45, 7) is 6.41. The van der Waals surface area contributed by atoms with E-state index in [1.807, 2.05) is 0 Å². The van der Waals surface area contributed by atoms with Gasteiger partial charge in [0.25, 0.3) is 0 Å². The summed E-state index contributed by atoms with van der Waals surface area (Å²) in [4.78, 5) is 0. The molecule has 14 heavy (non-hydrogen) atoms. The quantitative estimate of drug-likeness (QED) is 0.528. The number of aliphatic hydroxyl groups excluding tert-OH is 1. The fourth-order valence-corrected chi connectivity index (χ4v) is 1.72. The van der Waals surface area contributed by atoms with Crippen LogP contribution in [0.4, 0.5) is 0 Å². The Balaban J connectivity index is 3.04. The van der Waals surface area contributed by atoms with E-state index in [1.54, 1.807) is 0 Å². The molecule has 85 valence electrons. The van der Waals surface area contributed by atoms with Crippen LogP contribution >= 0.6 is 0 Å². The molecule has 0 aromatic carbocycles. The highest BCUT2D eigenvalue weighted by Gasteiger charge is 2.03. The summed E-state index contributed by atoms with van der Waals surface area (Å²) in [5.74, 6) is 0.450. The average Bonchev–Trinajstić information content (AvgIpc) is 2.22. The minimum atomic E-state index is 0.319. The van der Waals surface area contributed by atoms with Crippen molar-refractivity contribution in [3.8, 4) is 0 Å². The molecular formula is C13H27O. The van der Waals surface area contributed by atoms with Gasteiger partial charge in [-0.2, -0.15) is 0 Å². The molecule has 1 nitrogen and oxygen atoms in total. The molecule has 0 aliphatic carbocycles. The van der Waals surface area contributed by atoms with E-state index in [0.29, 0.717) is 12.5 Å². The van der Waals surface area contributed by atoms with Crippen LogP contribution < -0.4 is 0 Å². The number of rotatable bonds is 10. The van der Waals surface area contributed by atoms with E-state index in [2.05, 4.69) is 13.8 Å². The summed E-state index contributed by atoms with van der Waals surface area (Å²) < 4.78 is 0. The van der Waals surface area contributed by atoms with E-state index in [1.165, 1.54) is 44.9 Å². The Morgan fingerprint density at radius 2 is 1.57 bits per heavy atom. The summed E-state index contributed by atoms with van der Waals surface area (Å²) in [5.41, 5.74) is 0. The number of hydrogen-bond acceptors (Lipinski definition) is 1. The van der Waals surface area contributed by atoms with Gasteiger partial charge < -0.3 is 5.11 Å². The first-order valence-corrected chi connectivity index (χ1v) is 6.25. The summed E-state index contributed by atoms with van der Waals surface area (Å²) in [6, 6.07) is 0. The third kappa shape index (κ3) is 8.55. The van der Waals surface area contributed by atoms with Gasteiger partial charge in [0.2, 0.25) is 0 Å². The molecule has 0 saturated heterocycles. The first-order chi connectivity index (χ1) is 6.85. The molecule has 0 heterocycles. The molecule has 0 bridgehead atoms. The van der Waals surface area contributed by atoms with Crippen molar-refractivity contribution in [3.63, 3.8) is 0 Å². The molecule has 0 aliphatic rings. The maximum Gasteiger partial charge on any atom is 0.0459 e. The van der Waals surface area contributed by atoms with Crippen molar-refractivity contribution < 1.29 is 5.11 Å². The van der Waals surface area contributed by atoms with Gasteiger partial charge in [0.15, 0.2) is 0 Å². The molecule has 0 aromatic heterocycles. The topological polar surface area (TPSA) is 20.2 Å². The zero-order valence-electron chi connectivity index (χ0n) is 9.80. The Bertz CT molecular complexity index is 97.4. The molecule has 1 N–H and O–H groups in total. The molecule has 1 unspecified atom stereocenters. The van der Waals surface area contributed by atoms with Crippen LogP contribution in [0, 0.1) is 12.8 Å². The smallest absolute Gasteiger partial charge is 0.0459 e. The highest BCUT2D eigenvalue weighted by molar-refractivity contribution is 4.59. The zero-order valence-corrected chi connectivity index (χ0v) is 9.80. The highest BCUT2D eigenvalue weighted by Crippen LogP contribution is 2.14. The molecule has 0 aromatic rings. The molecule has 1 heteroatoms. The van der Waals surface area contributed by atoms with E-state index in [-0.39, 0.29) is 0 Å². The Morgan fingerprint density at radius 1 is 1.00 bits per heavy atom. The van der Waals surface area contributed by atoms with Crippen LogP contribution in [-0.4, -0.2) is 11.7 Å². The number of aliphatic hydroxyl groups is 1. The van der Waals surface area contributed by atoms with Gasteiger partial charge in [0.05, 0.1) is 0 Å². The largest absolute Gasteiger partial charge is 0.396 e. The van der Waals surface area contributed by atoms with Gasteiger partial charge in [-0.05, 0) is 18.8 Å². The minimum absolute atomic E-state index is 0.319. The van der Waals surface area contributed by atoms with Gasteiger partial charge in [-0.25, -0.2) is 0 Å². The Morgan fingerprint density at radius 3 is 2.07 bits per heavy atom. The third-order valence-corrected chi connectivity index (χ3v) is 2.88. The van der Waals surface area contributed by atoms with E-state index in [9.17, 15) is 0 Å². The second-order valence-electron chi connectivity index (χ2n) is 4.25. The van der Waals surface area contributed by atoms with Crippen LogP contribution in [0.3, 0.4) is 0 Å². The summed E-state index contributed by atoms with van der Waals surface area (Å²) in [6.07, 6.45) is 11.5. The lowest BCUT2D eigenvalue weighted by Gasteiger charge is -2.10. The van der Waals surface area contributed by atoms with Crippen LogP contribution in [0.1, 0.15) is 64.7 Å². The second kappa shape index (κ2) is 11.0. The number of unbranched alkanes of at least 4 members (excludes halogenated alkanes) is 6. The molecule has 1 atom stereocenters. The van der Waals surface area contributed by atoms with Crippen molar-refractivity contribution in [2.75, 3.05) is 6.61 Å². The third-order valence-electron chi connectivity index (χ3n) is 2.88. The van der Waals surface area contributed by atoms with Gasteiger partial charge in [0, 0.05) is 6.61 Å². The van der Waals surface area contributed by atoms with Crippen molar-refractivity contribution in [1.29, 1.82) is 0 Å². The SMILES string of the molecule is [CH2]CC(CO)CCCCCCCCC. The van der Waals surface area contributed by atoms with Crippen molar-refractivity contribution in [3.05, 3.63) is 6.92 Å². The van der Waals surface area contributed by atoms with E-state index < -0.39 is 0 Å². The lowest BCUT2D eigenvalue weighted by Crippen LogP contribution is -2.03. The van der Waals surface area contributed by atoms with Gasteiger partial charge in [-0.1, -0.05) is 58.8 Å².